The summed E-state index contributed by atoms with van der Waals surface area (Å²) in [6.45, 7) is 1.54. The van der Waals surface area contributed by atoms with Gasteiger partial charge < -0.3 is 9.47 Å². The third kappa shape index (κ3) is 3.40. The Morgan fingerprint density at radius 3 is 2.79 bits per heavy atom. The Hall–Kier alpha value is -1.65. The molecule has 0 bridgehead atoms. The standard InChI is InChI=1S/C20H26N2O2/c1-2-7-16(8-3-1)15-24-19-10-6-9-17(19)18-12-13-21-22(18)20-11-4-5-14-23-20/h1-3,7-8,12-13,17,19-20H,4-6,9-11,14-15H2. The molecule has 2 heterocycles. The molecule has 1 saturated heterocycles. The highest BCUT2D eigenvalue weighted by molar-refractivity contribution is 5.15. The molecule has 0 amide bonds. The van der Waals surface area contributed by atoms with Crippen LogP contribution in [0.4, 0.5) is 0 Å². The van der Waals surface area contributed by atoms with E-state index >= 15 is 0 Å². The predicted molar refractivity (Wildman–Crippen MR) is 92.7 cm³/mol. The quantitative estimate of drug-likeness (QED) is 0.815. The van der Waals surface area contributed by atoms with Crippen molar-refractivity contribution in [2.75, 3.05) is 6.61 Å². The second-order valence-electron chi connectivity index (χ2n) is 6.89. The summed E-state index contributed by atoms with van der Waals surface area (Å²) in [5.74, 6) is 0.432. The van der Waals surface area contributed by atoms with Crippen LogP contribution in [0, 0.1) is 0 Å². The van der Waals surface area contributed by atoms with E-state index in [1.54, 1.807) is 0 Å². The highest BCUT2D eigenvalue weighted by atomic mass is 16.5. The van der Waals surface area contributed by atoms with Crippen LogP contribution in [-0.2, 0) is 16.1 Å². The van der Waals surface area contributed by atoms with Crippen molar-refractivity contribution in [3.63, 3.8) is 0 Å². The van der Waals surface area contributed by atoms with E-state index in [-0.39, 0.29) is 12.3 Å². The number of nitrogens with zero attached hydrogens (tertiary/aromatic N) is 2. The summed E-state index contributed by atoms with van der Waals surface area (Å²) >= 11 is 0. The maximum Gasteiger partial charge on any atom is 0.150 e. The Morgan fingerprint density at radius 1 is 1.04 bits per heavy atom. The van der Waals surface area contributed by atoms with Crippen molar-refractivity contribution in [1.82, 2.24) is 9.78 Å². The van der Waals surface area contributed by atoms with Gasteiger partial charge in [0.15, 0.2) is 0 Å². The highest BCUT2D eigenvalue weighted by Gasteiger charge is 2.33. The fourth-order valence-electron chi connectivity index (χ4n) is 4.02. The van der Waals surface area contributed by atoms with Gasteiger partial charge in [0.2, 0.25) is 0 Å². The van der Waals surface area contributed by atoms with Gasteiger partial charge in [-0.25, -0.2) is 4.68 Å². The number of rotatable bonds is 5. The third-order valence-corrected chi connectivity index (χ3v) is 5.27. The van der Waals surface area contributed by atoms with E-state index in [0.29, 0.717) is 12.5 Å². The van der Waals surface area contributed by atoms with E-state index in [1.807, 2.05) is 12.3 Å². The van der Waals surface area contributed by atoms with Gasteiger partial charge in [0.05, 0.1) is 12.7 Å². The first-order chi connectivity index (χ1) is 11.9. The van der Waals surface area contributed by atoms with Crippen LogP contribution in [0.25, 0.3) is 0 Å². The summed E-state index contributed by atoms with van der Waals surface area (Å²) in [6, 6.07) is 12.6. The molecule has 4 rings (SSSR count). The Balaban J connectivity index is 1.46. The van der Waals surface area contributed by atoms with Crippen molar-refractivity contribution in [2.45, 2.75) is 63.4 Å². The van der Waals surface area contributed by atoms with Crippen LogP contribution >= 0.6 is 0 Å². The van der Waals surface area contributed by atoms with Crippen LogP contribution < -0.4 is 0 Å². The minimum atomic E-state index is 0.110. The zero-order valence-electron chi connectivity index (χ0n) is 14.1. The van der Waals surface area contributed by atoms with E-state index in [1.165, 1.54) is 36.9 Å². The normalized spacial score (nSPS) is 27.4. The minimum Gasteiger partial charge on any atom is -0.373 e. The first-order valence-electron chi connectivity index (χ1n) is 9.22. The lowest BCUT2D eigenvalue weighted by atomic mass is 10.0. The molecule has 0 N–H and O–H groups in total. The zero-order valence-corrected chi connectivity index (χ0v) is 14.1. The van der Waals surface area contributed by atoms with Gasteiger partial charge in [-0.05, 0) is 43.7 Å². The topological polar surface area (TPSA) is 36.3 Å². The van der Waals surface area contributed by atoms with Gasteiger partial charge in [-0.3, -0.25) is 0 Å². The molecule has 2 aromatic rings. The second-order valence-corrected chi connectivity index (χ2v) is 6.89. The fraction of sp³-hybridized carbons (Fsp3) is 0.550. The van der Waals surface area contributed by atoms with Crippen molar-refractivity contribution in [3.05, 3.63) is 53.9 Å². The van der Waals surface area contributed by atoms with E-state index in [9.17, 15) is 0 Å². The van der Waals surface area contributed by atoms with Crippen molar-refractivity contribution in [2.24, 2.45) is 0 Å². The Kier molecular flexibility index (Phi) is 4.95. The maximum atomic E-state index is 6.29. The zero-order chi connectivity index (χ0) is 16.2. The Morgan fingerprint density at radius 2 is 1.96 bits per heavy atom. The van der Waals surface area contributed by atoms with Gasteiger partial charge in [0.1, 0.15) is 6.23 Å². The molecule has 2 aliphatic rings. The predicted octanol–water partition coefficient (Wildman–Crippen LogP) is 4.44. The number of benzene rings is 1. The molecule has 3 unspecified atom stereocenters. The molecule has 0 radical (unpaired) electrons. The van der Waals surface area contributed by atoms with Crippen molar-refractivity contribution < 1.29 is 9.47 Å². The molecule has 4 heteroatoms. The molecule has 1 aromatic heterocycles. The van der Waals surface area contributed by atoms with E-state index in [0.717, 1.165) is 19.4 Å². The van der Waals surface area contributed by atoms with Crippen LogP contribution in [0.1, 0.15) is 61.9 Å². The van der Waals surface area contributed by atoms with Crippen LogP contribution in [0.5, 0.6) is 0 Å². The molecule has 1 aliphatic heterocycles. The average Bonchev–Trinajstić information content (AvgIpc) is 3.30. The lowest BCUT2D eigenvalue weighted by Gasteiger charge is -2.28. The van der Waals surface area contributed by atoms with Gasteiger partial charge in [-0.15, -0.1) is 0 Å². The van der Waals surface area contributed by atoms with Gasteiger partial charge in [0.25, 0.3) is 0 Å². The molecule has 3 atom stereocenters. The lowest BCUT2D eigenvalue weighted by molar-refractivity contribution is -0.0437. The summed E-state index contributed by atoms with van der Waals surface area (Å²) in [5, 5.41) is 4.57. The molecular formula is C20H26N2O2. The molecule has 1 aliphatic carbocycles. The van der Waals surface area contributed by atoms with E-state index in [4.69, 9.17) is 9.47 Å². The largest absolute Gasteiger partial charge is 0.373 e. The fourth-order valence-corrected chi connectivity index (χ4v) is 4.02. The summed E-state index contributed by atoms with van der Waals surface area (Å²) in [4.78, 5) is 0. The minimum absolute atomic E-state index is 0.110. The monoisotopic (exact) mass is 326 g/mol. The number of hydrogen-bond acceptors (Lipinski definition) is 3. The third-order valence-electron chi connectivity index (χ3n) is 5.27. The average molecular weight is 326 g/mol. The van der Waals surface area contributed by atoms with Crippen LogP contribution in [0.2, 0.25) is 0 Å². The van der Waals surface area contributed by atoms with Gasteiger partial charge >= 0.3 is 0 Å². The smallest absolute Gasteiger partial charge is 0.150 e. The maximum absolute atomic E-state index is 6.29. The van der Waals surface area contributed by atoms with Crippen LogP contribution in [-0.4, -0.2) is 22.5 Å². The summed E-state index contributed by atoms with van der Waals surface area (Å²) in [7, 11) is 0. The first kappa shape index (κ1) is 15.9. The highest BCUT2D eigenvalue weighted by Crippen LogP contribution is 2.38. The molecule has 4 nitrogen and oxygen atoms in total. The SMILES string of the molecule is c1ccc(COC2CCCC2c2ccnn2C2CCCCO2)cc1. The van der Waals surface area contributed by atoms with Crippen LogP contribution in [0.3, 0.4) is 0 Å². The van der Waals surface area contributed by atoms with Crippen molar-refractivity contribution in [1.29, 1.82) is 0 Å². The summed E-state index contributed by atoms with van der Waals surface area (Å²) in [5.41, 5.74) is 2.53. The van der Waals surface area contributed by atoms with Crippen LogP contribution in [0.15, 0.2) is 42.6 Å². The second kappa shape index (κ2) is 7.49. The first-order valence-corrected chi connectivity index (χ1v) is 9.22. The lowest BCUT2D eigenvalue weighted by Crippen LogP contribution is -2.25. The summed E-state index contributed by atoms with van der Waals surface area (Å²) in [6.07, 6.45) is 9.30. The molecule has 128 valence electrons. The van der Waals surface area contributed by atoms with Crippen molar-refractivity contribution in [3.8, 4) is 0 Å². The molecule has 24 heavy (non-hydrogen) atoms. The molecule has 0 spiro atoms. The molecule has 2 fully saturated rings. The number of ether oxygens (including phenoxy) is 2. The molecular weight excluding hydrogens is 300 g/mol. The number of hydrogen-bond donors (Lipinski definition) is 0. The van der Waals surface area contributed by atoms with Gasteiger partial charge in [0, 0.05) is 24.4 Å². The Bertz CT molecular complexity index is 634. The van der Waals surface area contributed by atoms with Gasteiger partial charge in [-0.1, -0.05) is 36.8 Å². The van der Waals surface area contributed by atoms with Crippen molar-refractivity contribution >= 4 is 0 Å². The molecule has 1 saturated carbocycles. The Labute approximate surface area is 143 Å². The molecule has 1 aromatic carbocycles. The van der Waals surface area contributed by atoms with E-state index < -0.39 is 0 Å². The number of aromatic nitrogens is 2. The van der Waals surface area contributed by atoms with Gasteiger partial charge in [-0.2, -0.15) is 5.10 Å². The van der Waals surface area contributed by atoms with E-state index in [2.05, 4.69) is 40.1 Å². The summed E-state index contributed by atoms with van der Waals surface area (Å²) < 4.78 is 14.4.